The number of carbonyl (C=O) groups is 1. The van der Waals surface area contributed by atoms with Crippen LogP contribution in [-0.2, 0) is 16.0 Å². The van der Waals surface area contributed by atoms with Crippen molar-refractivity contribution in [2.45, 2.75) is 44.7 Å². The van der Waals surface area contributed by atoms with Gasteiger partial charge in [-0.3, -0.25) is 9.78 Å². The molecule has 4 atom stereocenters. The van der Waals surface area contributed by atoms with Crippen molar-refractivity contribution in [2.75, 3.05) is 6.61 Å². The van der Waals surface area contributed by atoms with E-state index in [1.54, 1.807) is 25.3 Å². The van der Waals surface area contributed by atoms with E-state index in [1.165, 1.54) is 6.08 Å². The lowest BCUT2D eigenvalue weighted by molar-refractivity contribution is -0.143. The van der Waals surface area contributed by atoms with E-state index in [0.717, 1.165) is 24.1 Å². The van der Waals surface area contributed by atoms with Crippen LogP contribution >= 0.6 is 0 Å². The number of fused-ring (bicyclic) bond motifs is 1. The molecule has 25 heavy (non-hydrogen) atoms. The monoisotopic (exact) mass is 347 g/mol. The van der Waals surface area contributed by atoms with Gasteiger partial charge in [-0.15, -0.1) is 0 Å². The van der Waals surface area contributed by atoms with E-state index in [9.17, 15) is 13.6 Å². The highest BCUT2D eigenvalue weighted by Gasteiger charge is 2.35. The fraction of sp³-hybridized carbons (Fsp3) is 0.500. The van der Waals surface area contributed by atoms with E-state index in [4.69, 9.17) is 4.74 Å². The van der Waals surface area contributed by atoms with E-state index >= 15 is 0 Å². The highest BCUT2D eigenvalue weighted by Crippen LogP contribution is 2.40. The van der Waals surface area contributed by atoms with Gasteiger partial charge in [0.25, 0.3) is 0 Å². The highest BCUT2D eigenvalue weighted by molar-refractivity contribution is 5.70. The number of ether oxygens (including phenoxy) is 1. The maximum atomic E-state index is 14.4. The number of pyridine rings is 1. The summed E-state index contributed by atoms with van der Waals surface area (Å²) in [5.74, 6) is -1.46. The number of aromatic nitrogens is 1. The van der Waals surface area contributed by atoms with E-state index < -0.39 is 17.9 Å². The summed E-state index contributed by atoms with van der Waals surface area (Å²) in [5, 5.41) is 0. The van der Waals surface area contributed by atoms with Gasteiger partial charge in [-0.2, -0.15) is 0 Å². The molecule has 2 unspecified atom stereocenters. The molecule has 0 saturated carbocycles. The molecule has 0 aliphatic heterocycles. The molecule has 0 N–H and O–H groups in total. The molecule has 0 fully saturated rings. The highest BCUT2D eigenvalue weighted by atomic mass is 19.2. The summed E-state index contributed by atoms with van der Waals surface area (Å²) in [6, 6.07) is 3.83. The fourth-order valence-corrected chi connectivity index (χ4v) is 3.92. The minimum absolute atomic E-state index is 0.0131. The molecular weight excluding hydrogens is 324 g/mol. The first-order chi connectivity index (χ1) is 12.1. The smallest absolute Gasteiger partial charge is 0.306 e. The summed E-state index contributed by atoms with van der Waals surface area (Å²) >= 11 is 0. The average Bonchev–Trinajstić information content (AvgIpc) is 2.78. The summed E-state index contributed by atoms with van der Waals surface area (Å²) in [4.78, 5) is 16.4. The first-order valence-electron chi connectivity index (χ1n) is 8.87. The number of esters is 1. The van der Waals surface area contributed by atoms with Crippen LogP contribution in [0.2, 0.25) is 0 Å². The van der Waals surface area contributed by atoms with Gasteiger partial charge in [-0.25, -0.2) is 8.78 Å². The number of nitrogens with zero attached hydrogens (tertiary/aromatic N) is 1. The van der Waals surface area contributed by atoms with Gasteiger partial charge < -0.3 is 4.74 Å². The second kappa shape index (κ2) is 7.89. The van der Waals surface area contributed by atoms with Gasteiger partial charge in [0, 0.05) is 23.7 Å². The van der Waals surface area contributed by atoms with Crippen LogP contribution in [0.5, 0.6) is 0 Å². The number of hydrogen-bond donors (Lipinski definition) is 0. The minimum atomic E-state index is -1.59. The summed E-state index contributed by atoms with van der Waals surface area (Å²) in [6.07, 6.45) is 7.05. The third-order valence-electron chi connectivity index (χ3n) is 5.13. The molecule has 2 aliphatic carbocycles. The van der Waals surface area contributed by atoms with Crippen molar-refractivity contribution in [3.8, 4) is 0 Å². The van der Waals surface area contributed by atoms with Gasteiger partial charge in [0.2, 0.25) is 0 Å². The summed E-state index contributed by atoms with van der Waals surface area (Å²) in [5.41, 5.74) is 1.92. The van der Waals surface area contributed by atoms with Gasteiger partial charge in [-0.1, -0.05) is 18.2 Å². The summed E-state index contributed by atoms with van der Waals surface area (Å²) in [6.45, 7) is 2.14. The third-order valence-corrected chi connectivity index (χ3v) is 5.13. The maximum Gasteiger partial charge on any atom is 0.306 e. The SMILES string of the molecule is CCOC(=O)C[C@@H]1CC[C@H](C2C=CC=C(F)C2F)Cc2cccnc21. The van der Waals surface area contributed by atoms with Crippen molar-refractivity contribution in [2.24, 2.45) is 11.8 Å². The van der Waals surface area contributed by atoms with Gasteiger partial charge >= 0.3 is 5.97 Å². The molecule has 5 heteroatoms. The predicted molar refractivity (Wildman–Crippen MR) is 91.4 cm³/mol. The molecule has 1 aromatic rings. The second-order valence-electron chi connectivity index (χ2n) is 6.71. The largest absolute Gasteiger partial charge is 0.466 e. The second-order valence-corrected chi connectivity index (χ2v) is 6.71. The lowest BCUT2D eigenvalue weighted by Crippen LogP contribution is -2.26. The van der Waals surface area contributed by atoms with Crippen molar-refractivity contribution in [1.29, 1.82) is 0 Å². The van der Waals surface area contributed by atoms with Crippen molar-refractivity contribution in [3.05, 3.63) is 53.6 Å². The van der Waals surface area contributed by atoms with Crippen LogP contribution in [0.1, 0.15) is 43.4 Å². The molecule has 1 aromatic heterocycles. The number of carbonyl (C=O) groups excluding carboxylic acids is 1. The van der Waals surface area contributed by atoms with E-state index in [-0.39, 0.29) is 24.2 Å². The minimum Gasteiger partial charge on any atom is -0.466 e. The molecule has 0 spiro atoms. The van der Waals surface area contributed by atoms with Crippen LogP contribution in [0.4, 0.5) is 8.78 Å². The van der Waals surface area contributed by atoms with Crippen molar-refractivity contribution in [3.63, 3.8) is 0 Å². The van der Waals surface area contributed by atoms with Crippen LogP contribution in [0.25, 0.3) is 0 Å². The van der Waals surface area contributed by atoms with Crippen molar-refractivity contribution < 1.29 is 18.3 Å². The van der Waals surface area contributed by atoms with Gasteiger partial charge in [-0.05, 0) is 49.8 Å². The molecule has 0 radical (unpaired) electrons. The lowest BCUT2D eigenvalue weighted by atomic mass is 9.80. The number of halogens is 2. The Hall–Kier alpha value is -2.04. The Morgan fingerprint density at radius 1 is 1.40 bits per heavy atom. The van der Waals surface area contributed by atoms with Crippen LogP contribution in [0.3, 0.4) is 0 Å². The molecule has 3 rings (SSSR count). The Balaban J connectivity index is 1.82. The quantitative estimate of drug-likeness (QED) is 0.597. The standard InChI is InChI=1S/C20H23F2NO2/c1-2-25-18(24)12-15-9-8-13(11-14-5-4-10-23-20(14)15)16-6-3-7-17(21)19(16)22/h3-7,10,13,15-16,19H,2,8-9,11-12H2,1H3/t13-,15-,16?,19?/m0/s1. The van der Waals surface area contributed by atoms with Gasteiger partial charge in [0.05, 0.1) is 13.0 Å². The normalized spacial score (nSPS) is 28.7. The molecule has 0 aromatic carbocycles. The van der Waals surface area contributed by atoms with Gasteiger partial charge in [0.1, 0.15) is 5.83 Å². The Morgan fingerprint density at radius 2 is 2.24 bits per heavy atom. The third kappa shape index (κ3) is 3.97. The van der Waals surface area contributed by atoms with Crippen molar-refractivity contribution in [1.82, 2.24) is 4.98 Å². The van der Waals surface area contributed by atoms with Crippen LogP contribution in [0.15, 0.2) is 42.4 Å². The molecule has 1 heterocycles. The number of alkyl halides is 1. The molecule has 134 valence electrons. The molecule has 0 saturated heterocycles. The van der Waals surface area contributed by atoms with Crippen LogP contribution in [0, 0.1) is 11.8 Å². The number of allylic oxidation sites excluding steroid dienone is 4. The van der Waals surface area contributed by atoms with Crippen molar-refractivity contribution >= 4 is 5.97 Å². The van der Waals surface area contributed by atoms with Gasteiger partial charge in [0.15, 0.2) is 6.17 Å². The summed E-state index contributed by atoms with van der Waals surface area (Å²) < 4.78 is 33.1. The molecule has 0 bridgehead atoms. The predicted octanol–water partition coefficient (Wildman–Crippen LogP) is 4.45. The average molecular weight is 347 g/mol. The summed E-state index contributed by atoms with van der Waals surface area (Å²) in [7, 11) is 0. The Bertz CT molecular complexity index is 686. The first kappa shape index (κ1) is 17.8. The zero-order valence-corrected chi connectivity index (χ0v) is 14.3. The number of rotatable bonds is 4. The Labute approximate surface area is 146 Å². The van der Waals surface area contributed by atoms with E-state index in [0.29, 0.717) is 13.0 Å². The molecular formula is C20H23F2NO2. The molecule has 3 nitrogen and oxygen atoms in total. The Kier molecular flexibility index (Phi) is 5.61. The van der Waals surface area contributed by atoms with E-state index in [1.807, 2.05) is 12.1 Å². The maximum absolute atomic E-state index is 14.4. The Morgan fingerprint density at radius 3 is 3.04 bits per heavy atom. The zero-order chi connectivity index (χ0) is 17.8. The first-order valence-corrected chi connectivity index (χ1v) is 8.87. The van der Waals surface area contributed by atoms with Crippen LogP contribution < -0.4 is 0 Å². The van der Waals surface area contributed by atoms with E-state index in [2.05, 4.69) is 4.98 Å². The zero-order valence-electron chi connectivity index (χ0n) is 14.3. The fourth-order valence-electron chi connectivity index (χ4n) is 3.92. The lowest BCUT2D eigenvalue weighted by Gasteiger charge is -2.27. The molecule has 2 aliphatic rings. The number of hydrogen-bond acceptors (Lipinski definition) is 3. The van der Waals surface area contributed by atoms with Crippen LogP contribution in [-0.4, -0.2) is 23.7 Å². The topological polar surface area (TPSA) is 39.2 Å². The molecule has 0 amide bonds.